The van der Waals surface area contributed by atoms with E-state index in [4.69, 9.17) is 0 Å². The molecular formula is C8H13N3O3. The SMILES string of the molecule is C[NH+]([O-])C1=CC(N=O)=CCC1[NH+](C)[O-]. The Morgan fingerprint density at radius 3 is 2.57 bits per heavy atom. The number of hydrogen-bond acceptors (Lipinski definition) is 4. The monoisotopic (exact) mass is 199 g/mol. The van der Waals surface area contributed by atoms with Gasteiger partial charge in [0.05, 0.1) is 14.1 Å². The van der Waals surface area contributed by atoms with Gasteiger partial charge < -0.3 is 20.5 Å². The summed E-state index contributed by atoms with van der Waals surface area (Å²) in [5.41, 5.74) is 0.613. The Hall–Kier alpha value is -1.08. The quantitative estimate of drug-likeness (QED) is 0.420. The van der Waals surface area contributed by atoms with Gasteiger partial charge in [0.2, 0.25) is 0 Å². The maximum Gasteiger partial charge on any atom is 0.168 e. The summed E-state index contributed by atoms with van der Waals surface area (Å²) >= 11 is 0. The molecule has 1 aliphatic rings. The molecule has 0 saturated carbocycles. The third-order valence-corrected chi connectivity index (χ3v) is 2.24. The number of rotatable bonds is 3. The number of quaternary nitrogens is 2. The molecule has 1 rings (SSSR count). The second kappa shape index (κ2) is 4.43. The van der Waals surface area contributed by atoms with Gasteiger partial charge in [-0.2, -0.15) is 0 Å². The van der Waals surface area contributed by atoms with Gasteiger partial charge in [0.15, 0.2) is 11.7 Å². The summed E-state index contributed by atoms with van der Waals surface area (Å²) < 4.78 is 0. The van der Waals surface area contributed by atoms with Crippen LogP contribution in [0.1, 0.15) is 6.42 Å². The van der Waals surface area contributed by atoms with Crippen molar-refractivity contribution in [2.45, 2.75) is 12.5 Å². The molecule has 0 spiro atoms. The van der Waals surface area contributed by atoms with E-state index in [0.717, 1.165) is 0 Å². The average molecular weight is 199 g/mol. The van der Waals surface area contributed by atoms with Crippen LogP contribution in [-0.2, 0) is 0 Å². The highest BCUT2D eigenvalue weighted by Gasteiger charge is 2.26. The number of nitrogens with one attached hydrogen (secondary N) is 2. The van der Waals surface area contributed by atoms with Crippen molar-refractivity contribution in [2.75, 3.05) is 14.1 Å². The van der Waals surface area contributed by atoms with E-state index in [9.17, 15) is 15.3 Å². The third-order valence-electron chi connectivity index (χ3n) is 2.24. The number of nitrogens with zero attached hydrogens (tertiary/aromatic N) is 1. The van der Waals surface area contributed by atoms with Crippen LogP contribution in [0.5, 0.6) is 0 Å². The Kier molecular flexibility index (Phi) is 3.48. The molecule has 0 bridgehead atoms. The number of hydroxylamine groups is 4. The van der Waals surface area contributed by atoms with E-state index in [2.05, 4.69) is 5.18 Å². The molecule has 6 heteroatoms. The number of allylic oxidation sites excluding steroid dienone is 1. The van der Waals surface area contributed by atoms with E-state index in [-0.39, 0.29) is 15.8 Å². The Balaban J connectivity index is 2.93. The fraction of sp³-hybridized carbons (Fsp3) is 0.500. The topological polar surface area (TPSA) is 84.4 Å². The predicted octanol–water partition coefficient (Wildman–Crippen LogP) is -1.68. The Bertz CT molecular complexity index is 284. The van der Waals surface area contributed by atoms with Crippen LogP contribution in [0.4, 0.5) is 0 Å². The highest BCUT2D eigenvalue weighted by molar-refractivity contribution is 5.26. The Labute approximate surface area is 81.6 Å². The van der Waals surface area contributed by atoms with E-state index in [1.807, 2.05) is 0 Å². The second-order valence-corrected chi connectivity index (χ2v) is 3.28. The smallest absolute Gasteiger partial charge is 0.168 e. The summed E-state index contributed by atoms with van der Waals surface area (Å²) in [4.78, 5) is 10.2. The minimum Gasteiger partial charge on any atom is -0.634 e. The van der Waals surface area contributed by atoms with E-state index >= 15 is 0 Å². The van der Waals surface area contributed by atoms with Crippen LogP contribution in [0.3, 0.4) is 0 Å². The van der Waals surface area contributed by atoms with Crippen molar-refractivity contribution < 1.29 is 10.1 Å². The summed E-state index contributed by atoms with van der Waals surface area (Å²) in [7, 11) is 2.82. The summed E-state index contributed by atoms with van der Waals surface area (Å²) in [5, 5.41) is 24.9. The standard InChI is InChI=1S/C8H13N3O3/c1-10(13)7-4-3-6(9-12)5-8(7)11(2)14/h3,5,7,10-11H,4H2,1-2H3. The van der Waals surface area contributed by atoms with Crippen LogP contribution in [0.2, 0.25) is 0 Å². The van der Waals surface area contributed by atoms with E-state index < -0.39 is 6.04 Å². The maximum absolute atomic E-state index is 11.2. The van der Waals surface area contributed by atoms with Gasteiger partial charge in [-0.25, -0.2) is 0 Å². The van der Waals surface area contributed by atoms with Crippen molar-refractivity contribution in [1.29, 1.82) is 0 Å². The summed E-state index contributed by atoms with van der Waals surface area (Å²) in [6, 6.07) is -0.405. The molecule has 0 saturated heterocycles. The molecule has 0 aromatic rings. The van der Waals surface area contributed by atoms with Gasteiger partial charge in [-0.1, -0.05) is 0 Å². The van der Waals surface area contributed by atoms with Crippen molar-refractivity contribution >= 4 is 0 Å². The first-order valence-corrected chi connectivity index (χ1v) is 4.32. The van der Waals surface area contributed by atoms with E-state index in [1.54, 1.807) is 6.08 Å². The van der Waals surface area contributed by atoms with Crippen molar-refractivity contribution in [1.82, 2.24) is 0 Å². The largest absolute Gasteiger partial charge is 0.634 e. The fourth-order valence-electron chi connectivity index (χ4n) is 1.48. The molecule has 2 N–H and O–H groups in total. The molecule has 0 heterocycles. The van der Waals surface area contributed by atoms with Crippen LogP contribution in [-0.4, -0.2) is 20.1 Å². The summed E-state index contributed by atoms with van der Waals surface area (Å²) in [5.74, 6) is 0. The van der Waals surface area contributed by atoms with Crippen molar-refractivity contribution in [3.8, 4) is 0 Å². The van der Waals surface area contributed by atoms with Crippen LogP contribution in [0.25, 0.3) is 0 Å². The fourth-order valence-corrected chi connectivity index (χ4v) is 1.48. The van der Waals surface area contributed by atoms with Crippen LogP contribution in [0, 0.1) is 15.3 Å². The second-order valence-electron chi connectivity index (χ2n) is 3.28. The van der Waals surface area contributed by atoms with Crippen molar-refractivity contribution in [3.63, 3.8) is 0 Å². The predicted molar refractivity (Wildman–Crippen MR) is 50.9 cm³/mol. The first kappa shape index (κ1) is 11.0. The minimum absolute atomic E-state index is 0.0624. The lowest BCUT2D eigenvalue weighted by atomic mass is 10.0. The van der Waals surface area contributed by atoms with E-state index in [1.165, 1.54) is 20.2 Å². The zero-order valence-corrected chi connectivity index (χ0v) is 8.11. The van der Waals surface area contributed by atoms with Crippen molar-refractivity contribution in [2.24, 2.45) is 5.18 Å². The number of hydrogen-bond donors (Lipinski definition) is 2. The van der Waals surface area contributed by atoms with Gasteiger partial charge in [-0.15, -0.1) is 4.91 Å². The molecule has 14 heavy (non-hydrogen) atoms. The molecule has 6 nitrogen and oxygen atoms in total. The highest BCUT2D eigenvalue weighted by Crippen LogP contribution is 2.12. The molecular weight excluding hydrogens is 186 g/mol. The normalized spacial score (nSPS) is 26.1. The summed E-state index contributed by atoms with van der Waals surface area (Å²) in [6.07, 6.45) is 3.36. The van der Waals surface area contributed by atoms with Gasteiger partial charge in [-0.3, -0.25) is 0 Å². The molecule has 1 aliphatic carbocycles. The number of nitroso groups, excluding NO2 is 1. The van der Waals surface area contributed by atoms with Gasteiger partial charge in [-0.05, 0) is 11.3 Å². The molecule has 0 aromatic heterocycles. The van der Waals surface area contributed by atoms with Crippen LogP contribution in [0.15, 0.2) is 28.7 Å². The summed E-state index contributed by atoms with van der Waals surface area (Å²) in [6.45, 7) is 0. The average Bonchev–Trinajstić information content (AvgIpc) is 2.16. The van der Waals surface area contributed by atoms with Gasteiger partial charge in [0.1, 0.15) is 5.70 Å². The lowest BCUT2D eigenvalue weighted by Gasteiger charge is -2.33. The zero-order valence-electron chi connectivity index (χ0n) is 8.11. The minimum atomic E-state index is -0.405. The molecule has 0 aromatic carbocycles. The Morgan fingerprint density at radius 1 is 1.50 bits per heavy atom. The molecule has 78 valence electrons. The van der Waals surface area contributed by atoms with Gasteiger partial charge in [0, 0.05) is 12.5 Å². The first-order chi connectivity index (χ1) is 6.56. The Morgan fingerprint density at radius 2 is 2.14 bits per heavy atom. The molecule has 0 fully saturated rings. The third kappa shape index (κ3) is 2.24. The van der Waals surface area contributed by atoms with E-state index in [0.29, 0.717) is 12.1 Å². The lowest BCUT2D eigenvalue weighted by molar-refractivity contribution is -0.884. The molecule has 0 aliphatic heterocycles. The lowest BCUT2D eigenvalue weighted by Crippen LogP contribution is -3.15. The molecule has 3 unspecified atom stereocenters. The molecule has 0 radical (unpaired) electrons. The molecule has 3 atom stereocenters. The molecule has 0 amide bonds. The van der Waals surface area contributed by atoms with Crippen LogP contribution >= 0.6 is 0 Å². The maximum atomic E-state index is 11.2. The number of likely N-dealkylation sites (N-methyl/N-ethyl adjacent to an activating group) is 2. The van der Waals surface area contributed by atoms with Gasteiger partial charge >= 0.3 is 0 Å². The zero-order chi connectivity index (χ0) is 10.7. The van der Waals surface area contributed by atoms with Gasteiger partial charge in [0.25, 0.3) is 0 Å². The van der Waals surface area contributed by atoms with Crippen molar-refractivity contribution in [3.05, 3.63) is 38.9 Å². The first-order valence-electron chi connectivity index (χ1n) is 4.32. The van der Waals surface area contributed by atoms with Crippen LogP contribution < -0.4 is 10.1 Å². The highest BCUT2D eigenvalue weighted by atomic mass is 16.5.